The highest BCUT2D eigenvalue weighted by molar-refractivity contribution is 9.10. The van der Waals surface area contributed by atoms with Crippen molar-refractivity contribution in [1.29, 1.82) is 0 Å². The molecule has 0 amide bonds. The van der Waals surface area contributed by atoms with Crippen molar-refractivity contribution in [3.05, 3.63) is 57.5 Å². The second kappa shape index (κ2) is 5.72. The zero-order valence-electron chi connectivity index (χ0n) is 11.0. The summed E-state index contributed by atoms with van der Waals surface area (Å²) >= 11 is 3.58. The molecule has 0 aliphatic rings. The monoisotopic (exact) mass is 307 g/mol. The number of benzene rings is 1. The molecule has 0 aliphatic heterocycles. The van der Waals surface area contributed by atoms with Gasteiger partial charge in [0.25, 0.3) is 0 Å². The Morgan fingerprint density at radius 3 is 2.67 bits per heavy atom. The van der Waals surface area contributed by atoms with Crippen molar-refractivity contribution < 1.29 is 4.42 Å². The van der Waals surface area contributed by atoms with Gasteiger partial charge in [0, 0.05) is 10.9 Å². The summed E-state index contributed by atoms with van der Waals surface area (Å²) in [6.45, 7) is 4.22. The molecule has 0 aliphatic carbocycles. The highest BCUT2D eigenvalue weighted by atomic mass is 79.9. The molecular formula is C15H18BrNO. The van der Waals surface area contributed by atoms with E-state index in [-0.39, 0.29) is 6.04 Å². The molecule has 0 saturated heterocycles. The minimum Gasteiger partial charge on any atom is -0.464 e. The first kappa shape index (κ1) is 13.4. The van der Waals surface area contributed by atoms with E-state index in [1.807, 2.05) is 13.1 Å². The van der Waals surface area contributed by atoms with Crippen LogP contribution in [0.1, 0.15) is 35.6 Å². The summed E-state index contributed by atoms with van der Waals surface area (Å²) in [4.78, 5) is 0. The number of nitrogens with one attached hydrogen (secondary N) is 1. The second-order valence-corrected chi connectivity index (χ2v) is 5.19. The van der Waals surface area contributed by atoms with Gasteiger partial charge in [0.2, 0.25) is 0 Å². The van der Waals surface area contributed by atoms with E-state index in [9.17, 15) is 0 Å². The van der Waals surface area contributed by atoms with Crippen molar-refractivity contribution in [1.82, 2.24) is 5.32 Å². The Kier molecular flexibility index (Phi) is 4.25. The average molecular weight is 308 g/mol. The Morgan fingerprint density at radius 2 is 2.06 bits per heavy atom. The molecular weight excluding hydrogens is 290 g/mol. The smallest absolute Gasteiger partial charge is 0.125 e. The maximum absolute atomic E-state index is 5.86. The summed E-state index contributed by atoms with van der Waals surface area (Å²) in [5, 5.41) is 3.33. The van der Waals surface area contributed by atoms with Crippen LogP contribution in [0.15, 0.2) is 39.2 Å². The van der Waals surface area contributed by atoms with Crippen LogP contribution in [-0.4, -0.2) is 7.05 Å². The molecule has 1 atom stereocenters. The third-order valence-electron chi connectivity index (χ3n) is 3.22. The Balaban J connectivity index is 2.41. The summed E-state index contributed by atoms with van der Waals surface area (Å²) in [6.07, 6.45) is 0.925. The topological polar surface area (TPSA) is 25.2 Å². The summed E-state index contributed by atoms with van der Waals surface area (Å²) < 4.78 is 6.98. The van der Waals surface area contributed by atoms with Gasteiger partial charge in [0.05, 0.1) is 6.04 Å². The number of aryl methyl sites for hydroxylation is 1. The largest absolute Gasteiger partial charge is 0.464 e. The van der Waals surface area contributed by atoms with Gasteiger partial charge in [-0.05, 0) is 43.3 Å². The lowest BCUT2D eigenvalue weighted by Gasteiger charge is -2.17. The molecule has 0 saturated carbocycles. The predicted octanol–water partition coefficient (Wildman–Crippen LogP) is 4.22. The zero-order valence-corrected chi connectivity index (χ0v) is 12.5. The molecule has 1 N–H and O–H groups in total. The molecule has 96 valence electrons. The molecule has 1 aromatic carbocycles. The summed E-state index contributed by atoms with van der Waals surface area (Å²) in [7, 11) is 1.96. The molecule has 0 spiro atoms. The fraction of sp³-hybridized carbons (Fsp3) is 0.333. The Bertz CT molecular complexity index is 533. The fourth-order valence-electron chi connectivity index (χ4n) is 2.13. The highest BCUT2D eigenvalue weighted by Crippen LogP contribution is 2.29. The van der Waals surface area contributed by atoms with Crippen LogP contribution in [0.3, 0.4) is 0 Å². The molecule has 2 nitrogen and oxygen atoms in total. The molecule has 1 unspecified atom stereocenters. The molecule has 1 aromatic heterocycles. The first-order valence-electron chi connectivity index (χ1n) is 6.18. The van der Waals surface area contributed by atoms with Gasteiger partial charge in [-0.15, -0.1) is 0 Å². The van der Waals surface area contributed by atoms with Crippen molar-refractivity contribution >= 4 is 15.9 Å². The first-order chi connectivity index (χ1) is 8.67. The molecule has 0 radical (unpaired) electrons. The number of hydrogen-bond donors (Lipinski definition) is 1. The molecule has 0 fully saturated rings. The minimum absolute atomic E-state index is 0.0998. The predicted molar refractivity (Wildman–Crippen MR) is 77.9 cm³/mol. The van der Waals surface area contributed by atoms with Crippen molar-refractivity contribution in [2.75, 3.05) is 7.05 Å². The van der Waals surface area contributed by atoms with Gasteiger partial charge in [-0.25, -0.2) is 0 Å². The van der Waals surface area contributed by atoms with Crippen LogP contribution in [0.25, 0.3) is 0 Å². The Labute approximate surface area is 117 Å². The van der Waals surface area contributed by atoms with E-state index in [2.05, 4.69) is 59.4 Å². The van der Waals surface area contributed by atoms with Gasteiger partial charge in [-0.2, -0.15) is 0 Å². The molecule has 0 bridgehead atoms. The van der Waals surface area contributed by atoms with E-state index >= 15 is 0 Å². The van der Waals surface area contributed by atoms with Gasteiger partial charge in [0.1, 0.15) is 11.5 Å². The SMILES string of the molecule is CCc1ccc(C(NC)c2cccc(Br)c2C)o1. The van der Waals surface area contributed by atoms with E-state index in [4.69, 9.17) is 4.42 Å². The van der Waals surface area contributed by atoms with Crippen LogP contribution in [-0.2, 0) is 6.42 Å². The van der Waals surface area contributed by atoms with Crippen LogP contribution >= 0.6 is 15.9 Å². The van der Waals surface area contributed by atoms with E-state index in [0.717, 1.165) is 22.4 Å². The maximum atomic E-state index is 5.86. The van der Waals surface area contributed by atoms with E-state index < -0.39 is 0 Å². The summed E-state index contributed by atoms with van der Waals surface area (Å²) in [5.74, 6) is 1.99. The van der Waals surface area contributed by atoms with Gasteiger partial charge in [-0.1, -0.05) is 35.0 Å². The molecule has 2 rings (SSSR count). The maximum Gasteiger partial charge on any atom is 0.125 e. The van der Waals surface area contributed by atoms with Crippen molar-refractivity contribution in [3.63, 3.8) is 0 Å². The number of hydrogen-bond acceptors (Lipinski definition) is 2. The second-order valence-electron chi connectivity index (χ2n) is 4.33. The zero-order chi connectivity index (χ0) is 13.1. The third kappa shape index (κ3) is 2.52. The van der Waals surface area contributed by atoms with Gasteiger partial charge in [0.15, 0.2) is 0 Å². The normalized spacial score (nSPS) is 12.7. The van der Waals surface area contributed by atoms with Crippen LogP contribution in [0.4, 0.5) is 0 Å². The number of furan rings is 1. The van der Waals surface area contributed by atoms with Gasteiger partial charge in [-0.3, -0.25) is 0 Å². The average Bonchev–Trinajstić information content (AvgIpc) is 2.84. The molecule has 18 heavy (non-hydrogen) atoms. The van der Waals surface area contributed by atoms with Gasteiger partial charge < -0.3 is 9.73 Å². The molecule has 3 heteroatoms. The highest BCUT2D eigenvalue weighted by Gasteiger charge is 2.18. The van der Waals surface area contributed by atoms with E-state index in [1.165, 1.54) is 11.1 Å². The van der Waals surface area contributed by atoms with Crippen LogP contribution in [0, 0.1) is 6.92 Å². The lowest BCUT2D eigenvalue weighted by atomic mass is 10.00. The van der Waals surface area contributed by atoms with Gasteiger partial charge >= 0.3 is 0 Å². The van der Waals surface area contributed by atoms with Crippen molar-refractivity contribution in [2.45, 2.75) is 26.3 Å². The van der Waals surface area contributed by atoms with Crippen LogP contribution < -0.4 is 5.32 Å². The number of rotatable bonds is 4. The fourth-order valence-corrected chi connectivity index (χ4v) is 2.51. The van der Waals surface area contributed by atoms with E-state index in [1.54, 1.807) is 0 Å². The van der Waals surface area contributed by atoms with Crippen LogP contribution in [0.5, 0.6) is 0 Å². The van der Waals surface area contributed by atoms with Crippen LogP contribution in [0.2, 0.25) is 0 Å². The standard InChI is InChI=1S/C15H18BrNO/c1-4-11-8-9-14(18-11)15(17-3)12-6-5-7-13(16)10(12)2/h5-9,15,17H,4H2,1-3H3. The van der Waals surface area contributed by atoms with Crippen molar-refractivity contribution in [3.8, 4) is 0 Å². The van der Waals surface area contributed by atoms with E-state index in [0.29, 0.717) is 0 Å². The lowest BCUT2D eigenvalue weighted by molar-refractivity contribution is 0.433. The summed E-state index contributed by atoms with van der Waals surface area (Å²) in [5.41, 5.74) is 2.48. The molecule has 1 heterocycles. The lowest BCUT2D eigenvalue weighted by Crippen LogP contribution is -2.18. The summed E-state index contributed by atoms with van der Waals surface area (Å²) in [6, 6.07) is 10.5. The Morgan fingerprint density at radius 1 is 1.28 bits per heavy atom. The molecule has 2 aromatic rings. The quantitative estimate of drug-likeness (QED) is 0.915. The number of halogens is 1. The minimum atomic E-state index is 0.0998. The Hall–Kier alpha value is -1.06. The first-order valence-corrected chi connectivity index (χ1v) is 6.97. The third-order valence-corrected chi connectivity index (χ3v) is 4.08. The van der Waals surface area contributed by atoms with Crippen molar-refractivity contribution in [2.24, 2.45) is 0 Å².